The summed E-state index contributed by atoms with van der Waals surface area (Å²) >= 11 is 0. The van der Waals surface area contributed by atoms with Crippen LogP contribution in [-0.2, 0) is 16.1 Å². The Morgan fingerprint density at radius 2 is 1.18 bits per heavy atom. The van der Waals surface area contributed by atoms with E-state index in [2.05, 4.69) is 6.92 Å². The van der Waals surface area contributed by atoms with Crippen LogP contribution >= 0.6 is 0 Å². The molecular weight excluding hydrogens is 370 g/mol. The number of aryl methyl sites for hydroxylation is 1. The first kappa shape index (κ1) is 26.9. The van der Waals surface area contributed by atoms with E-state index in [0.29, 0.717) is 19.6 Å². The lowest BCUT2D eigenvalue weighted by atomic mass is 10.0. The van der Waals surface area contributed by atoms with E-state index < -0.39 is 0 Å². The summed E-state index contributed by atoms with van der Waals surface area (Å²) in [6.45, 7) is 3.55. The molecule has 0 spiro atoms. The highest BCUT2D eigenvalue weighted by molar-refractivity contribution is 5.68. The van der Waals surface area contributed by atoms with Gasteiger partial charge in [0.2, 0.25) is 0 Å². The lowest BCUT2D eigenvalue weighted by Crippen LogP contribution is -3.00. The maximum absolute atomic E-state index is 11.7. The average Bonchev–Trinajstić information content (AvgIpc) is 2.70. The predicted octanol–water partition coefficient (Wildman–Crippen LogP) is 3.39. The second-order valence-electron chi connectivity index (χ2n) is 7.68. The number of hydrogen-bond donors (Lipinski definition) is 0. The van der Waals surface area contributed by atoms with Gasteiger partial charge in [-0.05, 0) is 6.42 Å². The molecule has 0 saturated heterocycles. The summed E-state index contributed by atoms with van der Waals surface area (Å²) in [7, 11) is 0. The lowest BCUT2D eigenvalue weighted by molar-refractivity contribution is -0.696. The number of ether oxygens (including phenoxy) is 1. The molecule has 0 saturated carbocycles. The van der Waals surface area contributed by atoms with Gasteiger partial charge >= 0.3 is 5.97 Å². The maximum atomic E-state index is 11.7. The number of carbonyl (C=O) groups is 1. The Hall–Kier alpha value is -1.09. The number of hydrogen-bond acceptors (Lipinski definition) is 2. The van der Waals surface area contributed by atoms with Crippen molar-refractivity contribution in [3.63, 3.8) is 0 Å². The van der Waals surface area contributed by atoms with Gasteiger partial charge in [0, 0.05) is 12.1 Å². The second-order valence-corrected chi connectivity index (χ2v) is 7.68. The second kappa shape index (κ2) is 20.6. The molecule has 0 aliphatic rings. The third-order valence-electron chi connectivity index (χ3n) is 5.11. The molecule has 1 heterocycles. The van der Waals surface area contributed by atoms with Crippen LogP contribution in [0.25, 0.3) is 0 Å². The van der Waals surface area contributed by atoms with E-state index in [1.807, 2.05) is 35.2 Å². The zero-order chi connectivity index (χ0) is 19.4. The highest BCUT2D eigenvalue weighted by Crippen LogP contribution is 2.12. The highest BCUT2D eigenvalue weighted by Gasteiger charge is 2.06. The van der Waals surface area contributed by atoms with Crippen LogP contribution in [0.4, 0.5) is 0 Å². The normalized spacial score (nSPS) is 10.5. The van der Waals surface area contributed by atoms with Crippen molar-refractivity contribution in [1.29, 1.82) is 0 Å². The van der Waals surface area contributed by atoms with Crippen molar-refractivity contribution in [1.82, 2.24) is 0 Å². The first-order valence-electron chi connectivity index (χ1n) is 11.4. The van der Waals surface area contributed by atoms with Gasteiger partial charge in [-0.1, -0.05) is 96.5 Å². The van der Waals surface area contributed by atoms with Gasteiger partial charge in [0.05, 0.1) is 6.61 Å². The van der Waals surface area contributed by atoms with Gasteiger partial charge in [-0.25, -0.2) is 4.57 Å². The van der Waals surface area contributed by atoms with Crippen molar-refractivity contribution in [3.8, 4) is 0 Å². The number of aromatic nitrogens is 1. The summed E-state index contributed by atoms with van der Waals surface area (Å²) in [4.78, 5) is 11.7. The molecule has 0 atom stereocenters. The molecule has 0 fully saturated rings. The van der Waals surface area contributed by atoms with Crippen molar-refractivity contribution in [2.45, 2.75) is 110 Å². The van der Waals surface area contributed by atoms with E-state index in [9.17, 15) is 4.79 Å². The predicted molar refractivity (Wildman–Crippen MR) is 113 cm³/mol. The molecule has 162 valence electrons. The fourth-order valence-electron chi connectivity index (χ4n) is 3.36. The van der Waals surface area contributed by atoms with Gasteiger partial charge in [0.1, 0.15) is 6.42 Å². The Bertz CT molecular complexity index is 453. The highest BCUT2D eigenvalue weighted by atomic mass is 35.5. The zero-order valence-electron chi connectivity index (χ0n) is 18.0. The summed E-state index contributed by atoms with van der Waals surface area (Å²) in [6.07, 6.45) is 23.2. The van der Waals surface area contributed by atoms with Crippen LogP contribution in [0.5, 0.6) is 0 Å². The molecule has 0 aromatic carbocycles. The van der Waals surface area contributed by atoms with Crippen LogP contribution in [0.3, 0.4) is 0 Å². The minimum Gasteiger partial charge on any atom is -1.00 e. The largest absolute Gasteiger partial charge is 1.00 e. The standard InChI is InChI=1S/C24H42NO2.ClH/c1-2-3-4-5-6-7-8-9-10-11-12-13-14-18-23-27-24(26)19-22-25-20-16-15-17-21-25;/h15-17,20-21H,2-14,18-19,22-23H2,1H3;1H/q+1;/p-1. The zero-order valence-corrected chi connectivity index (χ0v) is 18.8. The van der Waals surface area contributed by atoms with Crippen molar-refractivity contribution < 1.29 is 26.5 Å². The van der Waals surface area contributed by atoms with Crippen molar-refractivity contribution in [2.75, 3.05) is 6.61 Å². The van der Waals surface area contributed by atoms with E-state index in [0.717, 1.165) is 6.42 Å². The topological polar surface area (TPSA) is 30.2 Å². The molecule has 0 bridgehead atoms. The van der Waals surface area contributed by atoms with E-state index in [4.69, 9.17) is 4.74 Å². The monoisotopic (exact) mass is 411 g/mol. The Morgan fingerprint density at radius 1 is 0.714 bits per heavy atom. The summed E-state index contributed by atoms with van der Waals surface area (Å²) in [5.74, 6) is -0.0824. The summed E-state index contributed by atoms with van der Waals surface area (Å²) in [6, 6.07) is 5.92. The van der Waals surface area contributed by atoms with Gasteiger partial charge in [0.25, 0.3) is 0 Å². The molecule has 0 amide bonds. The summed E-state index contributed by atoms with van der Waals surface area (Å²) < 4.78 is 7.33. The van der Waals surface area contributed by atoms with Gasteiger partial charge in [-0.2, -0.15) is 0 Å². The molecule has 0 unspecified atom stereocenters. The van der Waals surface area contributed by atoms with Gasteiger partial charge in [-0.3, -0.25) is 4.79 Å². The first-order chi connectivity index (χ1) is 13.3. The van der Waals surface area contributed by atoms with Gasteiger partial charge in [0.15, 0.2) is 18.9 Å². The van der Waals surface area contributed by atoms with Crippen molar-refractivity contribution >= 4 is 5.97 Å². The van der Waals surface area contributed by atoms with Crippen molar-refractivity contribution in [2.24, 2.45) is 0 Å². The number of pyridine rings is 1. The molecule has 0 N–H and O–H groups in total. The van der Waals surface area contributed by atoms with E-state index in [1.165, 1.54) is 83.5 Å². The summed E-state index contributed by atoms with van der Waals surface area (Å²) in [5, 5.41) is 0. The van der Waals surface area contributed by atoms with Crippen LogP contribution in [0.2, 0.25) is 0 Å². The smallest absolute Gasteiger partial charge is 0.312 e. The SMILES string of the molecule is CCCCCCCCCCCCCCCCOC(=O)CC[n+]1ccccc1.[Cl-]. The van der Waals surface area contributed by atoms with Gasteiger partial charge in [-0.15, -0.1) is 0 Å². The Balaban J connectivity index is 0.00000729. The molecule has 3 nitrogen and oxygen atoms in total. The number of carbonyl (C=O) groups excluding carboxylic acids is 1. The fraction of sp³-hybridized carbons (Fsp3) is 0.750. The van der Waals surface area contributed by atoms with Crippen LogP contribution in [0, 0.1) is 0 Å². The number of unbranched alkanes of at least 4 members (excludes halogenated alkanes) is 13. The van der Waals surface area contributed by atoms with Crippen LogP contribution < -0.4 is 17.0 Å². The van der Waals surface area contributed by atoms with Crippen LogP contribution in [-0.4, -0.2) is 12.6 Å². The first-order valence-corrected chi connectivity index (χ1v) is 11.4. The van der Waals surface area contributed by atoms with Crippen LogP contribution in [0.1, 0.15) is 103 Å². The molecule has 1 aromatic rings. The van der Waals surface area contributed by atoms with Gasteiger partial charge < -0.3 is 17.1 Å². The molecule has 1 rings (SSSR count). The molecule has 0 aliphatic heterocycles. The maximum Gasteiger partial charge on any atom is 0.312 e. The average molecular weight is 412 g/mol. The number of nitrogens with zero attached hydrogens (tertiary/aromatic N) is 1. The van der Waals surface area contributed by atoms with Crippen LogP contribution in [0.15, 0.2) is 30.6 Å². The molecule has 4 heteroatoms. The molecule has 0 radical (unpaired) electrons. The molecule has 1 aromatic heterocycles. The number of rotatable bonds is 18. The van der Waals surface area contributed by atoms with E-state index in [1.54, 1.807) is 0 Å². The molecule has 28 heavy (non-hydrogen) atoms. The quantitative estimate of drug-likeness (QED) is 0.210. The minimum atomic E-state index is -0.0824. The lowest BCUT2D eigenvalue weighted by Gasteiger charge is -2.05. The van der Waals surface area contributed by atoms with E-state index >= 15 is 0 Å². The minimum absolute atomic E-state index is 0. The number of halogens is 1. The van der Waals surface area contributed by atoms with Crippen molar-refractivity contribution in [3.05, 3.63) is 30.6 Å². The number of esters is 1. The molecular formula is C24H42ClNO2. The summed E-state index contributed by atoms with van der Waals surface area (Å²) in [5.41, 5.74) is 0. The Kier molecular flexibility index (Phi) is 19.8. The molecule has 0 aliphatic carbocycles. The third-order valence-corrected chi connectivity index (χ3v) is 5.11. The fourth-order valence-corrected chi connectivity index (χ4v) is 3.36. The van der Waals surface area contributed by atoms with E-state index in [-0.39, 0.29) is 18.4 Å². The Morgan fingerprint density at radius 3 is 1.68 bits per heavy atom. The Labute approximate surface area is 179 Å². The third kappa shape index (κ3) is 17.0.